The molecule has 4 rings (SSSR count). The van der Waals surface area contributed by atoms with Gasteiger partial charge in [0.25, 0.3) is 0 Å². The SMILES string of the molecule is Cc1cc(NC(=O)N2CC(CC(C)(C)C)C(C#N)(c3ccc(Cl)cc3F)C2c2cccc(Cl)c2F)ccc1C(=O)O. The van der Waals surface area contributed by atoms with Crippen molar-refractivity contribution in [3.05, 3.63) is 98.5 Å². The zero-order valence-corrected chi connectivity index (χ0v) is 24.4. The lowest BCUT2D eigenvalue weighted by atomic mass is 9.63. The second-order valence-corrected chi connectivity index (χ2v) is 12.4. The average molecular weight is 600 g/mol. The molecule has 3 aromatic rings. The van der Waals surface area contributed by atoms with E-state index in [9.17, 15) is 20.0 Å². The number of likely N-dealkylation sites (tertiary alicyclic amines) is 1. The Hall–Kier alpha value is -3.67. The van der Waals surface area contributed by atoms with Gasteiger partial charge in [0.15, 0.2) is 0 Å². The molecule has 0 bridgehead atoms. The van der Waals surface area contributed by atoms with Crippen LogP contribution in [0.25, 0.3) is 0 Å². The van der Waals surface area contributed by atoms with Gasteiger partial charge in [-0.3, -0.25) is 0 Å². The van der Waals surface area contributed by atoms with Gasteiger partial charge in [0.2, 0.25) is 0 Å². The van der Waals surface area contributed by atoms with E-state index in [2.05, 4.69) is 11.4 Å². The standard InChI is InChI=1S/C31H29Cl2F2N3O3/c1-17-12-20(9-10-21(17)28(39)40)37-29(41)38-15-18(14-30(2,3)4)31(16-36,23-11-8-19(32)13-25(23)34)27(38)22-6-5-7-24(33)26(22)35/h5-13,18,27H,14-15H2,1-4H3,(H,37,41)(H,39,40). The highest BCUT2D eigenvalue weighted by atomic mass is 35.5. The van der Waals surface area contributed by atoms with Crippen molar-refractivity contribution in [3.8, 4) is 6.07 Å². The molecule has 2 amide bonds. The second-order valence-electron chi connectivity index (χ2n) is 11.5. The predicted molar refractivity (Wildman–Crippen MR) is 154 cm³/mol. The molecule has 1 saturated heterocycles. The summed E-state index contributed by atoms with van der Waals surface area (Å²) in [4.78, 5) is 26.7. The highest BCUT2D eigenvalue weighted by Gasteiger charge is 2.60. The van der Waals surface area contributed by atoms with Crippen LogP contribution in [0.2, 0.25) is 10.0 Å². The molecule has 1 heterocycles. The molecule has 0 saturated carbocycles. The highest BCUT2D eigenvalue weighted by molar-refractivity contribution is 6.31. The quantitative estimate of drug-likeness (QED) is 0.308. The predicted octanol–water partition coefficient (Wildman–Crippen LogP) is 8.38. The van der Waals surface area contributed by atoms with Gasteiger partial charge in [-0.25, -0.2) is 18.4 Å². The van der Waals surface area contributed by atoms with Crippen molar-refractivity contribution in [3.63, 3.8) is 0 Å². The van der Waals surface area contributed by atoms with Gasteiger partial charge in [-0.2, -0.15) is 5.26 Å². The number of carboxylic acid groups (broad SMARTS) is 1. The largest absolute Gasteiger partial charge is 0.478 e. The van der Waals surface area contributed by atoms with Crippen LogP contribution in [0.3, 0.4) is 0 Å². The Balaban J connectivity index is 1.93. The number of amides is 2. The van der Waals surface area contributed by atoms with Crippen LogP contribution >= 0.6 is 23.2 Å². The number of aromatic carboxylic acids is 1. The summed E-state index contributed by atoms with van der Waals surface area (Å²) in [5.74, 6) is -3.28. The van der Waals surface area contributed by atoms with Crippen LogP contribution in [0.5, 0.6) is 0 Å². The van der Waals surface area contributed by atoms with Gasteiger partial charge in [0, 0.05) is 34.3 Å². The van der Waals surface area contributed by atoms with Crippen molar-refractivity contribution in [1.82, 2.24) is 4.90 Å². The maximum atomic E-state index is 15.7. The number of rotatable bonds is 5. The summed E-state index contributed by atoms with van der Waals surface area (Å²) >= 11 is 12.2. The molecular formula is C31H29Cl2F2N3O3. The minimum Gasteiger partial charge on any atom is -0.478 e. The zero-order valence-electron chi connectivity index (χ0n) is 22.9. The van der Waals surface area contributed by atoms with E-state index in [-0.39, 0.29) is 38.7 Å². The number of carbonyl (C=O) groups is 2. The van der Waals surface area contributed by atoms with Crippen LogP contribution in [0, 0.1) is 41.2 Å². The summed E-state index contributed by atoms with van der Waals surface area (Å²) in [5.41, 5.74) is -1.28. The molecule has 0 spiro atoms. The number of nitrogens with zero attached hydrogens (tertiary/aromatic N) is 2. The number of aryl methyl sites for hydroxylation is 1. The maximum absolute atomic E-state index is 15.7. The summed E-state index contributed by atoms with van der Waals surface area (Å²) in [5, 5.41) is 23.0. The van der Waals surface area contributed by atoms with Gasteiger partial charge in [-0.15, -0.1) is 0 Å². The third-order valence-corrected chi connectivity index (χ3v) is 8.00. The smallest absolute Gasteiger partial charge is 0.335 e. The third kappa shape index (κ3) is 5.74. The molecule has 0 aliphatic carbocycles. The Morgan fingerprint density at radius 3 is 2.44 bits per heavy atom. The molecule has 0 aromatic heterocycles. The van der Waals surface area contributed by atoms with Crippen molar-refractivity contribution >= 4 is 40.9 Å². The number of anilines is 1. The van der Waals surface area contributed by atoms with Crippen LogP contribution < -0.4 is 5.32 Å². The van der Waals surface area contributed by atoms with Crippen molar-refractivity contribution in [1.29, 1.82) is 5.26 Å². The first-order chi connectivity index (χ1) is 19.2. The number of nitrogens with one attached hydrogen (secondary N) is 1. The lowest BCUT2D eigenvalue weighted by Gasteiger charge is -2.38. The minimum absolute atomic E-state index is 0.0000175. The topological polar surface area (TPSA) is 93.4 Å². The van der Waals surface area contributed by atoms with Crippen LogP contribution in [0.1, 0.15) is 60.3 Å². The number of carbonyl (C=O) groups excluding carboxylic acids is 1. The number of nitriles is 1. The molecule has 3 atom stereocenters. The van der Waals surface area contributed by atoms with Crippen LogP contribution in [0.15, 0.2) is 54.6 Å². The van der Waals surface area contributed by atoms with Crippen molar-refractivity contribution < 1.29 is 23.5 Å². The molecule has 2 N–H and O–H groups in total. The first kappa shape index (κ1) is 30.3. The summed E-state index contributed by atoms with van der Waals surface area (Å²) < 4.78 is 31.5. The number of benzene rings is 3. The molecule has 6 nitrogen and oxygen atoms in total. The van der Waals surface area contributed by atoms with Crippen molar-refractivity contribution in [2.75, 3.05) is 11.9 Å². The van der Waals surface area contributed by atoms with Crippen LogP contribution in [-0.2, 0) is 5.41 Å². The Morgan fingerprint density at radius 2 is 1.85 bits per heavy atom. The van der Waals surface area contributed by atoms with E-state index in [0.717, 1.165) is 6.07 Å². The van der Waals surface area contributed by atoms with E-state index in [0.29, 0.717) is 17.7 Å². The van der Waals surface area contributed by atoms with E-state index in [1.54, 1.807) is 6.92 Å². The molecule has 214 valence electrons. The van der Waals surface area contributed by atoms with E-state index in [1.165, 1.54) is 53.4 Å². The fourth-order valence-electron chi connectivity index (χ4n) is 5.85. The van der Waals surface area contributed by atoms with Crippen molar-refractivity contribution in [2.24, 2.45) is 11.3 Å². The number of hydrogen-bond donors (Lipinski definition) is 2. The van der Waals surface area contributed by atoms with Crippen molar-refractivity contribution in [2.45, 2.75) is 45.6 Å². The summed E-state index contributed by atoms with van der Waals surface area (Å²) in [6.45, 7) is 7.51. The third-order valence-electron chi connectivity index (χ3n) is 7.47. The van der Waals surface area contributed by atoms with E-state index in [1.807, 2.05) is 20.8 Å². The number of urea groups is 1. The summed E-state index contributed by atoms with van der Waals surface area (Å²) in [6, 6.07) is 13.0. The van der Waals surface area contributed by atoms with Gasteiger partial charge in [0.1, 0.15) is 17.0 Å². The van der Waals surface area contributed by atoms with Gasteiger partial charge in [0.05, 0.1) is 22.7 Å². The fraction of sp³-hybridized carbons (Fsp3) is 0.323. The van der Waals surface area contributed by atoms with Crippen LogP contribution in [0.4, 0.5) is 19.3 Å². The van der Waals surface area contributed by atoms with E-state index < -0.39 is 41.0 Å². The van der Waals surface area contributed by atoms with Gasteiger partial charge < -0.3 is 15.3 Å². The second kappa shape index (κ2) is 11.3. The number of carboxylic acids is 1. The lowest BCUT2D eigenvalue weighted by molar-refractivity contribution is 0.0696. The van der Waals surface area contributed by atoms with Crippen LogP contribution in [-0.4, -0.2) is 28.6 Å². The molecule has 0 radical (unpaired) electrons. The normalized spacial score (nSPS) is 20.5. The average Bonchev–Trinajstić information content (AvgIpc) is 3.18. The fourth-order valence-corrected chi connectivity index (χ4v) is 6.19. The van der Waals surface area contributed by atoms with Gasteiger partial charge in [-0.1, -0.05) is 62.2 Å². The Bertz CT molecular complexity index is 1570. The minimum atomic E-state index is -1.71. The molecule has 3 aromatic carbocycles. The molecule has 1 fully saturated rings. The Labute approximate surface area is 247 Å². The first-order valence-corrected chi connectivity index (χ1v) is 13.7. The molecule has 3 unspecified atom stereocenters. The molecule has 10 heteroatoms. The van der Waals surface area contributed by atoms with Gasteiger partial charge in [-0.05, 0) is 60.7 Å². The molecule has 1 aliphatic rings. The summed E-state index contributed by atoms with van der Waals surface area (Å²) in [6.07, 6.45) is 0.400. The summed E-state index contributed by atoms with van der Waals surface area (Å²) in [7, 11) is 0. The van der Waals surface area contributed by atoms with E-state index >= 15 is 8.78 Å². The Morgan fingerprint density at radius 1 is 1.15 bits per heavy atom. The highest BCUT2D eigenvalue weighted by Crippen LogP contribution is 2.56. The monoisotopic (exact) mass is 599 g/mol. The molecule has 41 heavy (non-hydrogen) atoms. The lowest BCUT2D eigenvalue weighted by Crippen LogP contribution is -2.42. The zero-order chi connectivity index (χ0) is 30.3. The molecular weight excluding hydrogens is 571 g/mol. The number of hydrogen-bond acceptors (Lipinski definition) is 3. The first-order valence-electron chi connectivity index (χ1n) is 12.9. The molecule has 1 aliphatic heterocycles. The maximum Gasteiger partial charge on any atom is 0.335 e. The van der Waals surface area contributed by atoms with E-state index in [4.69, 9.17) is 23.2 Å². The van der Waals surface area contributed by atoms with Gasteiger partial charge >= 0.3 is 12.0 Å². The number of halogens is 4. The Kier molecular flexibility index (Phi) is 8.35.